The summed E-state index contributed by atoms with van der Waals surface area (Å²) in [4.78, 5) is 29.0. The van der Waals surface area contributed by atoms with Crippen molar-refractivity contribution < 1.29 is 23.8 Å². The highest BCUT2D eigenvalue weighted by Gasteiger charge is 2.32. The van der Waals surface area contributed by atoms with E-state index in [-0.39, 0.29) is 25.0 Å². The van der Waals surface area contributed by atoms with E-state index in [9.17, 15) is 9.59 Å². The highest BCUT2D eigenvalue weighted by Crippen LogP contribution is 2.31. The van der Waals surface area contributed by atoms with E-state index >= 15 is 0 Å². The maximum atomic E-state index is 12.8. The molecule has 0 unspecified atom stereocenters. The van der Waals surface area contributed by atoms with Crippen LogP contribution in [0.4, 0.5) is 5.69 Å². The highest BCUT2D eigenvalue weighted by atomic mass is 16.6. The zero-order valence-electron chi connectivity index (χ0n) is 16.9. The van der Waals surface area contributed by atoms with E-state index < -0.39 is 6.10 Å². The number of rotatable bonds is 5. The molecule has 30 heavy (non-hydrogen) atoms. The van der Waals surface area contributed by atoms with Crippen LogP contribution in [0.1, 0.15) is 0 Å². The Morgan fingerprint density at radius 3 is 2.60 bits per heavy atom. The minimum Gasteiger partial charge on any atom is -0.497 e. The molecule has 2 heterocycles. The van der Waals surface area contributed by atoms with Gasteiger partial charge >= 0.3 is 0 Å². The molecule has 2 aromatic carbocycles. The summed E-state index contributed by atoms with van der Waals surface area (Å²) >= 11 is 0. The van der Waals surface area contributed by atoms with Crippen LogP contribution in [0.5, 0.6) is 17.2 Å². The van der Waals surface area contributed by atoms with E-state index in [1.807, 2.05) is 41.3 Å². The van der Waals surface area contributed by atoms with Gasteiger partial charge in [-0.15, -0.1) is 0 Å². The third-order valence-electron chi connectivity index (χ3n) is 5.19. The molecule has 1 N–H and O–H groups in total. The van der Waals surface area contributed by atoms with Crippen molar-refractivity contribution in [3.05, 3.63) is 48.5 Å². The van der Waals surface area contributed by atoms with Crippen molar-refractivity contribution in [3.63, 3.8) is 0 Å². The van der Waals surface area contributed by atoms with E-state index in [1.165, 1.54) is 0 Å². The number of amides is 2. The lowest BCUT2D eigenvalue weighted by atomic mass is 10.2. The van der Waals surface area contributed by atoms with Gasteiger partial charge in [0.1, 0.15) is 12.4 Å². The third kappa shape index (κ3) is 4.65. The fourth-order valence-electron chi connectivity index (χ4n) is 3.58. The normalized spacial score (nSPS) is 18.6. The Labute approximate surface area is 175 Å². The number of para-hydroxylation sites is 2. The smallest absolute Gasteiger partial charge is 0.267 e. The fraction of sp³-hybridized carbons (Fsp3) is 0.364. The Kier molecular flexibility index (Phi) is 6.04. The van der Waals surface area contributed by atoms with Crippen LogP contribution in [0.15, 0.2) is 48.5 Å². The van der Waals surface area contributed by atoms with Crippen LogP contribution >= 0.6 is 0 Å². The van der Waals surface area contributed by atoms with Crippen LogP contribution in [0.2, 0.25) is 0 Å². The highest BCUT2D eigenvalue weighted by molar-refractivity contribution is 5.92. The fourth-order valence-corrected chi connectivity index (χ4v) is 3.58. The number of anilines is 1. The maximum absolute atomic E-state index is 12.8. The lowest BCUT2D eigenvalue weighted by Gasteiger charge is -2.36. The van der Waals surface area contributed by atoms with Gasteiger partial charge in [0.05, 0.1) is 13.7 Å². The van der Waals surface area contributed by atoms with Crippen molar-refractivity contribution in [1.29, 1.82) is 0 Å². The molecule has 8 heteroatoms. The van der Waals surface area contributed by atoms with Gasteiger partial charge in [0, 0.05) is 37.9 Å². The molecule has 0 radical (unpaired) electrons. The number of benzene rings is 2. The monoisotopic (exact) mass is 411 g/mol. The number of methoxy groups -OCH3 is 1. The van der Waals surface area contributed by atoms with Crippen LogP contribution in [-0.4, -0.2) is 74.2 Å². The number of piperazine rings is 1. The molecule has 0 spiro atoms. The Hall–Kier alpha value is -3.26. The van der Waals surface area contributed by atoms with Gasteiger partial charge in [0.2, 0.25) is 12.0 Å². The second kappa shape index (κ2) is 9.04. The molecular formula is C22H25N3O5. The van der Waals surface area contributed by atoms with Crippen LogP contribution in [-0.2, 0) is 9.59 Å². The number of nitrogens with zero attached hydrogens (tertiary/aromatic N) is 2. The van der Waals surface area contributed by atoms with Gasteiger partial charge in [-0.3, -0.25) is 14.5 Å². The zero-order chi connectivity index (χ0) is 20.9. The lowest BCUT2D eigenvalue weighted by molar-refractivity contribution is -0.143. The average molecular weight is 411 g/mol. The summed E-state index contributed by atoms with van der Waals surface area (Å²) < 4.78 is 16.6. The molecule has 1 saturated heterocycles. The summed E-state index contributed by atoms with van der Waals surface area (Å²) in [6.45, 7) is 2.83. The van der Waals surface area contributed by atoms with Crippen LogP contribution in [0.25, 0.3) is 0 Å². The molecule has 1 fully saturated rings. The minimum atomic E-state index is -0.636. The largest absolute Gasteiger partial charge is 0.497 e. The molecule has 4 rings (SSSR count). The quantitative estimate of drug-likeness (QED) is 0.806. The molecule has 0 aromatic heterocycles. The van der Waals surface area contributed by atoms with Gasteiger partial charge in [-0.05, 0) is 24.3 Å². The Balaban J connectivity index is 1.24. The third-order valence-corrected chi connectivity index (χ3v) is 5.19. The van der Waals surface area contributed by atoms with Gasteiger partial charge in [0.25, 0.3) is 5.91 Å². The van der Waals surface area contributed by atoms with Crippen molar-refractivity contribution >= 4 is 17.5 Å². The van der Waals surface area contributed by atoms with Gasteiger partial charge < -0.3 is 24.4 Å². The zero-order valence-corrected chi connectivity index (χ0v) is 16.9. The van der Waals surface area contributed by atoms with Gasteiger partial charge in [-0.2, -0.15) is 0 Å². The number of nitrogens with one attached hydrogen (secondary N) is 1. The van der Waals surface area contributed by atoms with E-state index in [4.69, 9.17) is 14.2 Å². The Bertz CT molecular complexity index is 911. The SMILES string of the molecule is COc1cccc(NC(=O)CN2CCN(C(=O)[C@H]3COc4ccccc4O3)CC2)c1. The number of hydrogen-bond acceptors (Lipinski definition) is 6. The predicted octanol–water partition coefficient (Wildman–Crippen LogP) is 1.62. The van der Waals surface area contributed by atoms with Crippen LogP contribution < -0.4 is 19.5 Å². The second-order valence-electron chi connectivity index (χ2n) is 7.25. The predicted molar refractivity (Wildman–Crippen MR) is 111 cm³/mol. The van der Waals surface area contributed by atoms with Gasteiger partial charge in [-0.25, -0.2) is 0 Å². The molecule has 0 aliphatic carbocycles. The lowest BCUT2D eigenvalue weighted by Crippen LogP contribution is -2.54. The second-order valence-corrected chi connectivity index (χ2v) is 7.25. The standard InChI is InChI=1S/C22H25N3O5/c1-28-17-6-4-5-16(13-17)23-21(26)14-24-9-11-25(12-10-24)22(27)20-15-29-18-7-2-3-8-19(18)30-20/h2-8,13,20H,9-12,14-15H2,1H3,(H,23,26)/t20-/m1/s1. The van der Waals surface area contributed by atoms with E-state index in [2.05, 4.69) is 5.32 Å². The average Bonchev–Trinajstić information content (AvgIpc) is 2.79. The first-order valence-corrected chi connectivity index (χ1v) is 9.96. The first-order valence-electron chi connectivity index (χ1n) is 9.96. The molecule has 2 aliphatic heterocycles. The number of carbonyl (C=O) groups is 2. The summed E-state index contributed by atoms with van der Waals surface area (Å²) in [5.74, 6) is 1.77. The number of carbonyl (C=O) groups excluding carboxylic acids is 2. The maximum Gasteiger partial charge on any atom is 0.267 e. The molecule has 2 amide bonds. The first kappa shape index (κ1) is 20.0. The Morgan fingerprint density at radius 2 is 1.83 bits per heavy atom. The van der Waals surface area contributed by atoms with Gasteiger partial charge in [0.15, 0.2) is 11.5 Å². The molecular weight excluding hydrogens is 386 g/mol. The van der Waals surface area contributed by atoms with Crippen molar-refractivity contribution in [2.75, 3.05) is 51.8 Å². The van der Waals surface area contributed by atoms with E-state index in [1.54, 1.807) is 24.1 Å². The topological polar surface area (TPSA) is 80.3 Å². The number of ether oxygens (including phenoxy) is 3. The van der Waals surface area contributed by atoms with Gasteiger partial charge in [-0.1, -0.05) is 18.2 Å². The Morgan fingerprint density at radius 1 is 1.07 bits per heavy atom. The molecule has 2 aromatic rings. The summed E-state index contributed by atoms with van der Waals surface area (Å²) in [5.41, 5.74) is 0.697. The summed E-state index contributed by atoms with van der Waals surface area (Å²) in [7, 11) is 1.59. The molecule has 8 nitrogen and oxygen atoms in total. The summed E-state index contributed by atoms with van der Waals surface area (Å²) in [6.07, 6.45) is -0.636. The van der Waals surface area contributed by atoms with Crippen molar-refractivity contribution in [2.24, 2.45) is 0 Å². The number of hydrogen-bond donors (Lipinski definition) is 1. The molecule has 158 valence electrons. The molecule has 1 atom stereocenters. The van der Waals surface area contributed by atoms with Crippen molar-refractivity contribution in [3.8, 4) is 17.2 Å². The molecule has 0 saturated carbocycles. The van der Waals surface area contributed by atoms with E-state index in [0.717, 1.165) is 0 Å². The van der Waals surface area contributed by atoms with Crippen LogP contribution in [0, 0.1) is 0 Å². The minimum absolute atomic E-state index is 0.0787. The van der Waals surface area contributed by atoms with Crippen molar-refractivity contribution in [2.45, 2.75) is 6.10 Å². The van der Waals surface area contributed by atoms with Crippen LogP contribution in [0.3, 0.4) is 0 Å². The first-order chi connectivity index (χ1) is 14.6. The number of fused-ring (bicyclic) bond motifs is 1. The van der Waals surface area contributed by atoms with Crippen molar-refractivity contribution in [1.82, 2.24) is 9.80 Å². The summed E-state index contributed by atoms with van der Waals surface area (Å²) in [6, 6.07) is 14.6. The summed E-state index contributed by atoms with van der Waals surface area (Å²) in [5, 5.41) is 2.88. The molecule has 0 bridgehead atoms. The van der Waals surface area contributed by atoms with E-state index in [0.29, 0.717) is 49.1 Å². The molecule has 2 aliphatic rings.